The molecule has 2 heterocycles. The van der Waals surface area contributed by atoms with Crippen molar-refractivity contribution in [3.63, 3.8) is 0 Å². The van der Waals surface area contributed by atoms with E-state index in [2.05, 4.69) is 10.4 Å². The zero-order valence-corrected chi connectivity index (χ0v) is 7.38. The molecule has 6 heteroatoms. The smallest absolute Gasteiger partial charge is 0.312 e. The Morgan fingerprint density at radius 2 is 2.21 bits per heavy atom. The van der Waals surface area contributed by atoms with Crippen LogP contribution in [0.1, 0.15) is 11.7 Å². The van der Waals surface area contributed by atoms with Gasteiger partial charge in [-0.3, -0.25) is 4.68 Å². The highest BCUT2D eigenvalue weighted by atomic mass is 19.4. The van der Waals surface area contributed by atoms with E-state index in [0.717, 1.165) is 0 Å². The van der Waals surface area contributed by atoms with Gasteiger partial charge in [-0.05, 0) is 6.07 Å². The average molecular weight is 205 g/mol. The summed E-state index contributed by atoms with van der Waals surface area (Å²) < 4.78 is 37.8. The van der Waals surface area contributed by atoms with E-state index in [9.17, 15) is 13.2 Å². The number of aromatic nitrogens is 2. The molecule has 0 unspecified atom stereocenters. The summed E-state index contributed by atoms with van der Waals surface area (Å²) in [7, 11) is 0. The molecule has 0 bridgehead atoms. The van der Waals surface area contributed by atoms with Gasteiger partial charge < -0.3 is 5.32 Å². The van der Waals surface area contributed by atoms with Gasteiger partial charge in [0.1, 0.15) is 0 Å². The van der Waals surface area contributed by atoms with Crippen LogP contribution in [0.15, 0.2) is 12.3 Å². The first-order valence-corrected chi connectivity index (χ1v) is 4.36. The van der Waals surface area contributed by atoms with E-state index < -0.39 is 12.6 Å². The van der Waals surface area contributed by atoms with Crippen molar-refractivity contribution in [2.45, 2.75) is 18.6 Å². The summed E-state index contributed by atoms with van der Waals surface area (Å²) in [5, 5.41) is 6.90. The average Bonchev–Trinajstić information content (AvgIpc) is 2.30. The number of nitrogens with one attached hydrogen (secondary N) is 1. The van der Waals surface area contributed by atoms with Crippen molar-refractivity contribution in [1.82, 2.24) is 15.1 Å². The Kier molecular flexibility index (Phi) is 2.22. The SMILES string of the molecule is FC(F)(F)Cc1ccnn1C1CNC1. The van der Waals surface area contributed by atoms with Crippen LogP contribution >= 0.6 is 0 Å². The molecule has 1 aliphatic rings. The fourth-order valence-corrected chi connectivity index (χ4v) is 1.46. The first-order chi connectivity index (χ1) is 6.56. The van der Waals surface area contributed by atoms with E-state index in [-0.39, 0.29) is 11.7 Å². The number of hydrogen-bond acceptors (Lipinski definition) is 2. The molecule has 1 saturated heterocycles. The molecule has 0 aliphatic carbocycles. The Labute approximate surface area is 78.9 Å². The largest absolute Gasteiger partial charge is 0.394 e. The van der Waals surface area contributed by atoms with Crippen molar-refractivity contribution in [3.05, 3.63) is 18.0 Å². The number of hydrogen-bond donors (Lipinski definition) is 1. The summed E-state index contributed by atoms with van der Waals surface area (Å²) >= 11 is 0. The minimum absolute atomic E-state index is 0.0855. The molecule has 14 heavy (non-hydrogen) atoms. The molecule has 0 amide bonds. The normalized spacial score (nSPS) is 18.2. The monoisotopic (exact) mass is 205 g/mol. The predicted molar refractivity (Wildman–Crippen MR) is 43.9 cm³/mol. The van der Waals surface area contributed by atoms with Gasteiger partial charge in [0.05, 0.1) is 12.5 Å². The second-order valence-corrected chi connectivity index (χ2v) is 3.37. The summed E-state index contributed by atoms with van der Waals surface area (Å²) in [4.78, 5) is 0. The lowest BCUT2D eigenvalue weighted by molar-refractivity contribution is -0.128. The molecule has 1 N–H and O–H groups in total. The van der Waals surface area contributed by atoms with Gasteiger partial charge in [-0.25, -0.2) is 0 Å². The third kappa shape index (κ3) is 1.89. The number of nitrogens with zero attached hydrogens (tertiary/aromatic N) is 2. The van der Waals surface area contributed by atoms with Crippen LogP contribution in [0.25, 0.3) is 0 Å². The summed E-state index contributed by atoms with van der Waals surface area (Å²) in [5.74, 6) is 0. The van der Waals surface area contributed by atoms with Crippen molar-refractivity contribution >= 4 is 0 Å². The molecule has 0 saturated carbocycles. The summed E-state index contributed by atoms with van der Waals surface area (Å²) in [6.45, 7) is 1.40. The summed E-state index contributed by atoms with van der Waals surface area (Å²) in [5.41, 5.74) is 0.240. The van der Waals surface area contributed by atoms with Crippen LogP contribution < -0.4 is 5.32 Å². The molecule has 1 aliphatic heterocycles. The minimum atomic E-state index is -4.16. The van der Waals surface area contributed by atoms with Gasteiger partial charge in [0, 0.05) is 25.0 Å². The Bertz CT molecular complexity index is 314. The van der Waals surface area contributed by atoms with Gasteiger partial charge in [0.2, 0.25) is 0 Å². The zero-order chi connectivity index (χ0) is 10.2. The number of rotatable bonds is 2. The Morgan fingerprint density at radius 1 is 1.50 bits per heavy atom. The van der Waals surface area contributed by atoms with Gasteiger partial charge in [-0.1, -0.05) is 0 Å². The van der Waals surface area contributed by atoms with Crippen LogP contribution in [-0.4, -0.2) is 29.0 Å². The molecule has 3 nitrogen and oxygen atoms in total. The summed E-state index contributed by atoms with van der Waals surface area (Å²) in [6, 6.07) is 1.51. The first-order valence-electron chi connectivity index (χ1n) is 4.36. The van der Waals surface area contributed by atoms with Gasteiger partial charge in [-0.2, -0.15) is 18.3 Å². The highest BCUT2D eigenvalue weighted by molar-refractivity contribution is 5.05. The number of halogens is 3. The minimum Gasteiger partial charge on any atom is -0.312 e. The van der Waals surface area contributed by atoms with E-state index in [1.807, 2.05) is 0 Å². The maximum absolute atomic E-state index is 12.1. The summed E-state index contributed by atoms with van der Waals surface area (Å²) in [6.07, 6.45) is -3.64. The quantitative estimate of drug-likeness (QED) is 0.784. The van der Waals surface area contributed by atoms with Crippen LogP contribution in [0.2, 0.25) is 0 Å². The predicted octanol–water partition coefficient (Wildman–Crippen LogP) is 1.13. The van der Waals surface area contributed by atoms with Crippen LogP contribution in [0.3, 0.4) is 0 Å². The van der Waals surface area contributed by atoms with Gasteiger partial charge in [0.15, 0.2) is 0 Å². The molecule has 0 aromatic carbocycles. The Morgan fingerprint density at radius 3 is 2.71 bits per heavy atom. The molecule has 2 rings (SSSR count). The van der Waals surface area contributed by atoms with Crippen molar-refractivity contribution < 1.29 is 13.2 Å². The first kappa shape index (κ1) is 9.51. The second-order valence-electron chi connectivity index (χ2n) is 3.37. The van der Waals surface area contributed by atoms with Crippen molar-refractivity contribution in [2.24, 2.45) is 0 Å². The van der Waals surface area contributed by atoms with E-state index in [1.165, 1.54) is 16.9 Å². The van der Waals surface area contributed by atoms with Crippen molar-refractivity contribution in [3.8, 4) is 0 Å². The molecule has 1 fully saturated rings. The Hall–Kier alpha value is -1.04. The molecule has 0 atom stereocenters. The fourth-order valence-electron chi connectivity index (χ4n) is 1.46. The highest BCUT2D eigenvalue weighted by Gasteiger charge is 2.31. The van der Waals surface area contributed by atoms with Crippen LogP contribution in [-0.2, 0) is 6.42 Å². The molecule has 0 radical (unpaired) electrons. The lowest BCUT2D eigenvalue weighted by atomic mass is 10.1. The zero-order valence-electron chi connectivity index (χ0n) is 7.38. The standard InChI is InChI=1S/C8H10F3N3/c9-8(10,11)3-6-1-2-13-14(6)7-4-12-5-7/h1-2,7,12H,3-5H2. The van der Waals surface area contributed by atoms with Crippen LogP contribution in [0, 0.1) is 0 Å². The van der Waals surface area contributed by atoms with Gasteiger partial charge in [-0.15, -0.1) is 0 Å². The number of alkyl halides is 3. The molecule has 1 aromatic heterocycles. The molecule has 78 valence electrons. The third-order valence-corrected chi connectivity index (χ3v) is 2.24. The van der Waals surface area contributed by atoms with Gasteiger partial charge in [0.25, 0.3) is 0 Å². The van der Waals surface area contributed by atoms with E-state index >= 15 is 0 Å². The molecule has 1 aromatic rings. The van der Waals surface area contributed by atoms with Gasteiger partial charge >= 0.3 is 6.18 Å². The third-order valence-electron chi connectivity index (χ3n) is 2.24. The second kappa shape index (κ2) is 3.27. The topological polar surface area (TPSA) is 29.9 Å². The van der Waals surface area contributed by atoms with E-state index in [4.69, 9.17) is 0 Å². The van der Waals surface area contributed by atoms with Crippen LogP contribution in [0.4, 0.5) is 13.2 Å². The highest BCUT2D eigenvalue weighted by Crippen LogP contribution is 2.23. The lowest BCUT2D eigenvalue weighted by Gasteiger charge is -2.29. The Balaban J connectivity index is 2.13. The fraction of sp³-hybridized carbons (Fsp3) is 0.625. The van der Waals surface area contributed by atoms with Crippen LogP contribution in [0.5, 0.6) is 0 Å². The van der Waals surface area contributed by atoms with E-state index in [0.29, 0.717) is 13.1 Å². The lowest BCUT2D eigenvalue weighted by Crippen LogP contribution is -2.44. The maximum Gasteiger partial charge on any atom is 0.394 e. The van der Waals surface area contributed by atoms with E-state index in [1.54, 1.807) is 0 Å². The molecule has 0 spiro atoms. The van der Waals surface area contributed by atoms with Crippen molar-refractivity contribution in [2.75, 3.05) is 13.1 Å². The molecular formula is C8H10F3N3. The van der Waals surface area contributed by atoms with Crippen molar-refractivity contribution in [1.29, 1.82) is 0 Å². The maximum atomic E-state index is 12.1. The molecular weight excluding hydrogens is 195 g/mol.